The highest BCUT2D eigenvalue weighted by Crippen LogP contribution is 2.16. The van der Waals surface area contributed by atoms with E-state index in [0.717, 1.165) is 0 Å². The molecule has 5 nitrogen and oxygen atoms in total. The summed E-state index contributed by atoms with van der Waals surface area (Å²) >= 11 is 0. The van der Waals surface area contributed by atoms with Gasteiger partial charge in [0.25, 0.3) is 0 Å². The number of amides is 2. The van der Waals surface area contributed by atoms with Gasteiger partial charge in [0.1, 0.15) is 12.4 Å². The Hall–Kier alpha value is -3.20. The fraction of sp³-hybridized carbons (Fsp3) is 0.167. The summed E-state index contributed by atoms with van der Waals surface area (Å²) in [5.74, 6) is 5.78. The Labute approximate surface area is 139 Å². The van der Waals surface area contributed by atoms with E-state index >= 15 is 0 Å². The number of carbonyl (C=O) groups excluding carboxylic acids is 1. The van der Waals surface area contributed by atoms with Crippen LogP contribution >= 0.6 is 0 Å². The zero-order chi connectivity index (χ0) is 17.2. The molecule has 24 heavy (non-hydrogen) atoms. The largest absolute Gasteiger partial charge is 0.497 e. The number of halogens is 1. The number of urea groups is 1. The summed E-state index contributed by atoms with van der Waals surface area (Å²) in [6.45, 7) is 0.191. The minimum Gasteiger partial charge on any atom is -0.497 e. The van der Waals surface area contributed by atoms with Crippen molar-refractivity contribution in [1.29, 1.82) is 0 Å². The van der Waals surface area contributed by atoms with Gasteiger partial charge < -0.3 is 20.1 Å². The zero-order valence-electron chi connectivity index (χ0n) is 13.1. The zero-order valence-corrected chi connectivity index (χ0v) is 13.1. The average molecular weight is 328 g/mol. The van der Waals surface area contributed by atoms with Gasteiger partial charge in [0.15, 0.2) is 11.6 Å². The lowest BCUT2D eigenvalue weighted by Gasteiger charge is -2.06. The molecule has 0 radical (unpaired) electrons. The van der Waals surface area contributed by atoms with Crippen molar-refractivity contribution in [2.75, 3.05) is 25.6 Å². The number of benzene rings is 2. The van der Waals surface area contributed by atoms with Crippen LogP contribution in [0.2, 0.25) is 0 Å². The molecular formula is C18H17FN2O3. The molecule has 0 saturated carbocycles. The van der Waals surface area contributed by atoms with Crippen LogP contribution in [0.4, 0.5) is 14.9 Å². The first-order valence-corrected chi connectivity index (χ1v) is 7.21. The predicted octanol–water partition coefficient (Wildman–Crippen LogP) is 3.04. The van der Waals surface area contributed by atoms with Crippen molar-refractivity contribution in [3.05, 3.63) is 54.3 Å². The van der Waals surface area contributed by atoms with E-state index in [-0.39, 0.29) is 24.9 Å². The fourth-order valence-corrected chi connectivity index (χ4v) is 1.79. The van der Waals surface area contributed by atoms with Gasteiger partial charge in [0.05, 0.1) is 13.7 Å². The van der Waals surface area contributed by atoms with Gasteiger partial charge in [0.2, 0.25) is 0 Å². The van der Waals surface area contributed by atoms with Crippen molar-refractivity contribution in [3.63, 3.8) is 0 Å². The lowest BCUT2D eigenvalue weighted by atomic mass is 10.3. The number of methoxy groups -OCH3 is 1. The Morgan fingerprint density at radius 1 is 1.17 bits per heavy atom. The van der Waals surface area contributed by atoms with E-state index in [9.17, 15) is 9.18 Å². The summed E-state index contributed by atoms with van der Waals surface area (Å²) in [5, 5.41) is 5.25. The fourth-order valence-electron chi connectivity index (χ4n) is 1.79. The van der Waals surface area contributed by atoms with Gasteiger partial charge in [0, 0.05) is 11.8 Å². The van der Waals surface area contributed by atoms with E-state index in [1.54, 1.807) is 43.5 Å². The van der Waals surface area contributed by atoms with Crippen molar-refractivity contribution < 1.29 is 18.7 Å². The van der Waals surface area contributed by atoms with Crippen LogP contribution in [0.1, 0.15) is 0 Å². The van der Waals surface area contributed by atoms with E-state index in [2.05, 4.69) is 22.5 Å². The van der Waals surface area contributed by atoms with Crippen LogP contribution in [0.5, 0.6) is 11.5 Å². The third-order valence-electron chi connectivity index (χ3n) is 2.93. The summed E-state index contributed by atoms with van der Waals surface area (Å²) < 4.78 is 23.5. The summed E-state index contributed by atoms with van der Waals surface area (Å²) in [6, 6.07) is 12.7. The van der Waals surface area contributed by atoms with Crippen LogP contribution in [-0.4, -0.2) is 26.3 Å². The second-order valence-corrected chi connectivity index (χ2v) is 4.61. The minimum absolute atomic E-state index is 0.0418. The van der Waals surface area contributed by atoms with Gasteiger partial charge in [-0.25, -0.2) is 9.18 Å². The van der Waals surface area contributed by atoms with Crippen LogP contribution in [0.25, 0.3) is 0 Å². The third kappa shape index (κ3) is 5.54. The van der Waals surface area contributed by atoms with Gasteiger partial charge in [-0.2, -0.15) is 0 Å². The van der Waals surface area contributed by atoms with Crippen molar-refractivity contribution in [2.45, 2.75) is 0 Å². The van der Waals surface area contributed by atoms with Gasteiger partial charge in [-0.05, 0) is 24.3 Å². The van der Waals surface area contributed by atoms with E-state index in [4.69, 9.17) is 9.47 Å². The standard InChI is InChI=1S/C18H17FN2O3/c1-23-15-8-6-7-14(13-15)21-18(22)20-11-4-5-12-24-17-10-3-2-9-16(17)19/h2-3,6-10,13H,11-12H2,1H3,(H2,20,21,22). The maximum absolute atomic E-state index is 13.3. The van der Waals surface area contributed by atoms with Gasteiger partial charge in [-0.1, -0.05) is 30.0 Å². The molecule has 0 fully saturated rings. The quantitative estimate of drug-likeness (QED) is 0.830. The molecule has 2 aromatic carbocycles. The minimum atomic E-state index is -0.435. The first-order chi connectivity index (χ1) is 11.7. The van der Waals surface area contributed by atoms with Crippen LogP contribution in [0, 0.1) is 17.7 Å². The number of hydrogen-bond acceptors (Lipinski definition) is 3. The Bertz CT molecular complexity index is 753. The molecule has 2 rings (SSSR count). The summed E-state index contributed by atoms with van der Waals surface area (Å²) in [7, 11) is 1.55. The molecule has 0 aliphatic heterocycles. The van der Waals surface area contributed by atoms with E-state index in [0.29, 0.717) is 11.4 Å². The summed E-state index contributed by atoms with van der Waals surface area (Å²) in [6.07, 6.45) is 0. The van der Waals surface area contributed by atoms with Crippen molar-refractivity contribution >= 4 is 11.7 Å². The second kappa shape index (κ2) is 9.06. The molecule has 2 amide bonds. The van der Waals surface area contributed by atoms with Gasteiger partial charge in [-0.15, -0.1) is 0 Å². The highest BCUT2D eigenvalue weighted by molar-refractivity contribution is 5.89. The van der Waals surface area contributed by atoms with E-state index < -0.39 is 5.82 Å². The van der Waals surface area contributed by atoms with Gasteiger partial charge in [-0.3, -0.25) is 0 Å². The lowest BCUT2D eigenvalue weighted by Crippen LogP contribution is -2.28. The number of hydrogen-bond donors (Lipinski definition) is 2. The number of rotatable bonds is 5. The molecule has 0 aromatic heterocycles. The molecule has 0 spiro atoms. The SMILES string of the molecule is COc1cccc(NC(=O)NCC#CCOc2ccccc2F)c1. The molecule has 124 valence electrons. The molecule has 0 saturated heterocycles. The van der Waals surface area contributed by atoms with Crippen molar-refractivity contribution in [3.8, 4) is 23.3 Å². The number of nitrogens with one attached hydrogen (secondary N) is 2. The van der Waals surface area contributed by atoms with Crippen LogP contribution in [-0.2, 0) is 0 Å². The molecule has 0 aliphatic carbocycles. The summed E-state index contributed by atoms with van der Waals surface area (Å²) in [4.78, 5) is 11.7. The predicted molar refractivity (Wildman–Crippen MR) is 89.7 cm³/mol. The van der Waals surface area contributed by atoms with E-state index in [1.807, 2.05) is 0 Å². The topological polar surface area (TPSA) is 59.6 Å². The highest BCUT2D eigenvalue weighted by Gasteiger charge is 2.01. The molecular weight excluding hydrogens is 311 g/mol. The molecule has 2 aromatic rings. The Morgan fingerprint density at radius 3 is 2.79 bits per heavy atom. The number of para-hydroxylation sites is 1. The monoisotopic (exact) mass is 328 g/mol. The highest BCUT2D eigenvalue weighted by atomic mass is 19.1. The molecule has 0 atom stereocenters. The number of anilines is 1. The Morgan fingerprint density at radius 2 is 2.00 bits per heavy atom. The van der Waals surface area contributed by atoms with Crippen LogP contribution < -0.4 is 20.1 Å². The second-order valence-electron chi connectivity index (χ2n) is 4.61. The lowest BCUT2D eigenvalue weighted by molar-refractivity contribution is 0.253. The summed E-state index contributed by atoms with van der Waals surface area (Å²) in [5.41, 5.74) is 0.614. The Balaban J connectivity index is 1.70. The maximum atomic E-state index is 13.3. The molecule has 0 aliphatic rings. The molecule has 0 unspecified atom stereocenters. The first-order valence-electron chi connectivity index (χ1n) is 7.21. The van der Waals surface area contributed by atoms with Crippen LogP contribution in [0.15, 0.2) is 48.5 Å². The smallest absolute Gasteiger partial charge is 0.319 e. The average Bonchev–Trinajstić information content (AvgIpc) is 2.59. The first kappa shape index (κ1) is 17.2. The number of carbonyl (C=O) groups is 1. The molecule has 6 heteroatoms. The third-order valence-corrected chi connectivity index (χ3v) is 2.93. The number of ether oxygens (including phenoxy) is 2. The molecule has 0 bridgehead atoms. The Kier molecular flexibility index (Phi) is 6.47. The van der Waals surface area contributed by atoms with Crippen molar-refractivity contribution in [1.82, 2.24) is 5.32 Å². The van der Waals surface area contributed by atoms with Gasteiger partial charge >= 0.3 is 6.03 Å². The molecule has 2 N–H and O–H groups in total. The normalized spacial score (nSPS) is 9.42. The van der Waals surface area contributed by atoms with Crippen molar-refractivity contribution in [2.24, 2.45) is 0 Å². The van der Waals surface area contributed by atoms with Crippen LogP contribution in [0.3, 0.4) is 0 Å². The maximum Gasteiger partial charge on any atom is 0.319 e. The molecule has 0 heterocycles. The van der Waals surface area contributed by atoms with E-state index in [1.165, 1.54) is 12.1 Å².